The number of hydrogen-bond donors (Lipinski definition) is 0. The summed E-state index contributed by atoms with van der Waals surface area (Å²) in [6.45, 7) is 0. The highest BCUT2D eigenvalue weighted by Gasteiger charge is 2.16. The standard InChI is InChI=1S/C47H30N4/c1-3-11-31(12-4-1)35-24-28-44-42(30-35)41-17-9-10-18-43(41)51(44)38-25-21-34(22-26-38)46-48-45(33-14-5-2-6-15-33)49-47(50-46)37-23-27-40-36(29-37)20-19-32-13-7-8-16-39(32)40/h1-30H/i1D,3D,4D,9D,10D,11D,12D,17D,18D,24D,28D,30D. The van der Waals surface area contributed by atoms with Crippen LogP contribution in [0.15, 0.2) is 182 Å². The third kappa shape index (κ3) is 5.04. The van der Waals surface area contributed by atoms with Crippen molar-refractivity contribution in [2.75, 3.05) is 0 Å². The minimum Gasteiger partial charge on any atom is -0.309 e. The summed E-state index contributed by atoms with van der Waals surface area (Å²) in [5.41, 5.74) is 1.41. The van der Waals surface area contributed by atoms with Crippen LogP contribution in [0.25, 0.3) is 94.3 Å². The zero-order chi connectivity index (χ0) is 44.2. The summed E-state index contributed by atoms with van der Waals surface area (Å²) < 4.78 is 106. The first-order valence-corrected chi connectivity index (χ1v) is 16.2. The predicted octanol–water partition coefficient (Wildman–Crippen LogP) is 11.9. The second-order valence-electron chi connectivity index (χ2n) is 12.0. The van der Waals surface area contributed by atoms with Crippen LogP contribution in [-0.2, 0) is 0 Å². The number of nitrogens with zero attached hydrogens (tertiary/aromatic N) is 4. The Morgan fingerprint density at radius 3 is 1.84 bits per heavy atom. The van der Waals surface area contributed by atoms with Gasteiger partial charge in [0, 0.05) is 33.2 Å². The Labute approximate surface area is 311 Å². The number of benzene rings is 8. The summed E-state index contributed by atoms with van der Waals surface area (Å²) in [7, 11) is 0. The first-order valence-electron chi connectivity index (χ1n) is 22.2. The van der Waals surface area contributed by atoms with Gasteiger partial charge in [-0.15, -0.1) is 0 Å². The molecule has 238 valence electrons. The highest BCUT2D eigenvalue weighted by molar-refractivity contribution is 6.11. The minimum absolute atomic E-state index is 0.0683. The number of fused-ring (bicyclic) bond motifs is 6. The van der Waals surface area contributed by atoms with Gasteiger partial charge in [-0.3, -0.25) is 0 Å². The number of hydrogen-bond acceptors (Lipinski definition) is 3. The van der Waals surface area contributed by atoms with E-state index in [1.807, 2.05) is 54.6 Å². The van der Waals surface area contributed by atoms with Gasteiger partial charge in [0.15, 0.2) is 17.5 Å². The van der Waals surface area contributed by atoms with Crippen molar-refractivity contribution in [2.24, 2.45) is 0 Å². The Balaban J connectivity index is 1.18. The van der Waals surface area contributed by atoms with Gasteiger partial charge in [0.05, 0.1) is 27.5 Å². The van der Waals surface area contributed by atoms with Crippen molar-refractivity contribution < 1.29 is 16.4 Å². The summed E-state index contributed by atoms with van der Waals surface area (Å²) in [6.07, 6.45) is 0. The van der Waals surface area contributed by atoms with Gasteiger partial charge < -0.3 is 4.57 Å². The van der Waals surface area contributed by atoms with E-state index in [2.05, 4.69) is 30.3 Å². The number of rotatable bonds is 5. The molecule has 0 spiro atoms. The molecular weight excluding hydrogens is 621 g/mol. The van der Waals surface area contributed by atoms with Gasteiger partial charge in [0.1, 0.15) is 0 Å². The van der Waals surface area contributed by atoms with Crippen LogP contribution in [0.1, 0.15) is 16.4 Å². The summed E-state index contributed by atoms with van der Waals surface area (Å²) in [5, 5.41) is 4.12. The maximum Gasteiger partial charge on any atom is 0.164 e. The van der Waals surface area contributed by atoms with Gasteiger partial charge in [-0.2, -0.15) is 0 Å². The SMILES string of the molecule is [2H]c1c([2H])c([2H])c(-c2c([2H])c([2H])c3c(c2[2H])c2c([2H])c([2H])c([2H])c([2H])c2n3-c2ccc(-c3nc(-c4ccccc4)nc(-c4ccc5c(ccc6ccccc65)c4)n3)cc2)c([2H])c1[2H]. The van der Waals surface area contributed by atoms with E-state index in [1.165, 1.54) is 4.57 Å². The Kier molecular flexibility index (Phi) is 4.51. The summed E-state index contributed by atoms with van der Waals surface area (Å²) >= 11 is 0. The lowest BCUT2D eigenvalue weighted by Gasteiger charge is -2.11. The maximum atomic E-state index is 9.43. The zero-order valence-electron chi connectivity index (χ0n) is 38.7. The third-order valence-corrected chi connectivity index (χ3v) is 8.96. The summed E-state index contributed by atoms with van der Waals surface area (Å²) in [4.78, 5) is 14.7. The van der Waals surface area contributed by atoms with Crippen LogP contribution in [-0.4, -0.2) is 19.5 Å². The Bertz CT molecular complexity index is 3560. The Hall–Kier alpha value is -6.91. The lowest BCUT2D eigenvalue weighted by Crippen LogP contribution is -2.00. The molecule has 2 aromatic heterocycles. The molecule has 4 heteroatoms. The van der Waals surface area contributed by atoms with Gasteiger partial charge in [-0.25, -0.2) is 15.0 Å². The summed E-state index contributed by atoms with van der Waals surface area (Å²) in [6, 6.07) is 27.6. The quantitative estimate of drug-likeness (QED) is 0.172. The smallest absolute Gasteiger partial charge is 0.164 e. The van der Waals surface area contributed by atoms with Crippen molar-refractivity contribution in [3.63, 3.8) is 0 Å². The van der Waals surface area contributed by atoms with Crippen molar-refractivity contribution in [1.29, 1.82) is 0 Å². The topological polar surface area (TPSA) is 43.6 Å². The van der Waals surface area contributed by atoms with Crippen LogP contribution in [0.4, 0.5) is 0 Å². The first kappa shape index (κ1) is 19.3. The average Bonchev–Trinajstić information content (AvgIpc) is 3.68. The molecule has 0 unspecified atom stereocenters. The average molecular weight is 663 g/mol. The first-order chi connectivity index (χ1) is 30.3. The molecule has 0 aliphatic carbocycles. The monoisotopic (exact) mass is 662 g/mol. The van der Waals surface area contributed by atoms with E-state index in [0.29, 0.717) is 28.7 Å². The van der Waals surface area contributed by atoms with Gasteiger partial charge in [-0.05, 0) is 81.1 Å². The van der Waals surface area contributed by atoms with Crippen LogP contribution in [0.3, 0.4) is 0 Å². The molecule has 10 aromatic rings. The molecule has 4 nitrogen and oxygen atoms in total. The molecule has 0 bridgehead atoms. The van der Waals surface area contributed by atoms with Crippen molar-refractivity contribution >= 4 is 43.4 Å². The van der Waals surface area contributed by atoms with E-state index < -0.39 is 83.6 Å². The van der Waals surface area contributed by atoms with Crippen molar-refractivity contribution in [1.82, 2.24) is 19.5 Å². The molecular formula is C47H30N4. The fraction of sp³-hybridized carbons (Fsp3) is 0. The van der Waals surface area contributed by atoms with Gasteiger partial charge in [0.25, 0.3) is 0 Å². The van der Waals surface area contributed by atoms with Crippen LogP contribution in [0.5, 0.6) is 0 Å². The fourth-order valence-corrected chi connectivity index (χ4v) is 6.53. The zero-order valence-corrected chi connectivity index (χ0v) is 26.7. The lowest BCUT2D eigenvalue weighted by atomic mass is 10.00. The predicted molar refractivity (Wildman–Crippen MR) is 211 cm³/mol. The van der Waals surface area contributed by atoms with E-state index in [-0.39, 0.29) is 21.8 Å². The van der Waals surface area contributed by atoms with Gasteiger partial charge >= 0.3 is 0 Å². The van der Waals surface area contributed by atoms with Crippen molar-refractivity contribution in [3.05, 3.63) is 182 Å². The van der Waals surface area contributed by atoms with E-state index in [1.54, 1.807) is 24.3 Å². The van der Waals surface area contributed by atoms with Crippen LogP contribution >= 0.6 is 0 Å². The molecule has 0 aliphatic rings. The van der Waals surface area contributed by atoms with Crippen LogP contribution in [0.2, 0.25) is 0 Å². The molecule has 0 aliphatic heterocycles. The Morgan fingerprint density at radius 1 is 0.392 bits per heavy atom. The molecule has 0 saturated heterocycles. The van der Waals surface area contributed by atoms with Crippen LogP contribution < -0.4 is 0 Å². The second-order valence-corrected chi connectivity index (χ2v) is 12.0. The molecule has 51 heavy (non-hydrogen) atoms. The lowest BCUT2D eigenvalue weighted by molar-refractivity contribution is 1.07. The molecule has 0 saturated carbocycles. The molecule has 0 fully saturated rings. The molecule has 0 radical (unpaired) electrons. The Morgan fingerprint density at radius 2 is 1.02 bits per heavy atom. The molecule has 0 atom stereocenters. The fourth-order valence-electron chi connectivity index (χ4n) is 6.53. The van der Waals surface area contributed by atoms with E-state index in [9.17, 15) is 2.74 Å². The van der Waals surface area contributed by atoms with E-state index in [0.717, 1.165) is 32.7 Å². The van der Waals surface area contributed by atoms with Gasteiger partial charge in [0.2, 0.25) is 0 Å². The minimum atomic E-state index is -0.687. The highest BCUT2D eigenvalue weighted by Crippen LogP contribution is 2.36. The third-order valence-electron chi connectivity index (χ3n) is 8.96. The van der Waals surface area contributed by atoms with Crippen LogP contribution in [0, 0.1) is 0 Å². The number of aromatic nitrogens is 4. The van der Waals surface area contributed by atoms with E-state index >= 15 is 0 Å². The second kappa shape index (κ2) is 11.9. The molecule has 2 heterocycles. The molecule has 0 amide bonds. The highest BCUT2D eigenvalue weighted by atomic mass is 15.0. The van der Waals surface area contributed by atoms with Crippen molar-refractivity contribution in [3.8, 4) is 51.0 Å². The molecule has 10 rings (SSSR count). The number of para-hydroxylation sites is 1. The molecule has 0 N–H and O–H groups in total. The normalized spacial score (nSPS) is 14.8. The molecule has 8 aromatic carbocycles. The van der Waals surface area contributed by atoms with E-state index in [4.69, 9.17) is 28.7 Å². The van der Waals surface area contributed by atoms with Gasteiger partial charge in [-0.1, -0.05) is 133 Å². The largest absolute Gasteiger partial charge is 0.309 e. The van der Waals surface area contributed by atoms with Crippen molar-refractivity contribution in [2.45, 2.75) is 0 Å². The maximum absolute atomic E-state index is 9.43. The summed E-state index contributed by atoms with van der Waals surface area (Å²) in [5.74, 6) is 1.23.